The first-order valence-corrected chi connectivity index (χ1v) is 8.90. The van der Waals surface area contributed by atoms with Gasteiger partial charge in [-0.3, -0.25) is 19.4 Å². The lowest BCUT2D eigenvalue weighted by Gasteiger charge is -2.21. The molecule has 0 radical (unpaired) electrons. The predicted octanol–water partition coefficient (Wildman–Crippen LogP) is 3.40. The summed E-state index contributed by atoms with van der Waals surface area (Å²) < 4.78 is 0. The molecule has 1 aromatic heterocycles. The highest BCUT2D eigenvalue weighted by molar-refractivity contribution is 6.33. The Kier molecular flexibility index (Phi) is 4.24. The molecule has 2 aliphatic rings. The summed E-state index contributed by atoms with van der Waals surface area (Å²) in [5.74, 6) is -0.794. The summed E-state index contributed by atoms with van der Waals surface area (Å²) in [5, 5.41) is 2.92. The molecule has 1 saturated carbocycles. The summed E-state index contributed by atoms with van der Waals surface area (Å²) in [5.41, 5.74) is 1.48. The van der Waals surface area contributed by atoms with Gasteiger partial charge in [-0.1, -0.05) is 25.3 Å². The number of nitrogens with zero attached hydrogens (tertiary/aromatic N) is 2. The lowest BCUT2D eigenvalue weighted by molar-refractivity contribution is -0.120. The van der Waals surface area contributed by atoms with Crippen molar-refractivity contribution in [1.82, 2.24) is 4.98 Å². The maximum absolute atomic E-state index is 12.6. The fraction of sp³-hybridized carbons (Fsp3) is 0.300. The number of hydrogen-bond donors (Lipinski definition) is 1. The van der Waals surface area contributed by atoms with Crippen molar-refractivity contribution in [3.63, 3.8) is 0 Å². The maximum Gasteiger partial charge on any atom is 0.284 e. The number of carbonyl (C=O) groups is 3. The van der Waals surface area contributed by atoms with Gasteiger partial charge in [0.1, 0.15) is 5.69 Å². The fourth-order valence-corrected chi connectivity index (χ4v) is 3.63. The number of carbonyl (C=O) groups excluding carboxylic acids is 3. The first kappa shape index (κ1) is 16.4. The number of fused-ring (bicyclic) bond motifs is 1. The van der Waals surface area contributed by atoms with Crippen LogP contribution in [0.5, 0.6) is 0 Å². The van der Waals surface area contributed by atoms with Gasteiger partial charge in [0.15, 0.2) is 0 Å². The van der Waals surface area contributed by atoms with Gasteiger partial charge in [-0.05, 0) is 43.2 Å². The van der Waals surface area contributed by atoms with E-state index in [2.05, 4.69) is 10.3 Å². The van der Waals surface area contributed by atoms with Gasteiger partial charge in [0.25, 0.3) is 11.8 Å². The van der Waals surface area contributed by atoms with Crippen LogP contribution in [0.15, 0.2) is 42.6 Å². The molecule has 132 valence electrons. The number of pyridine rings is 1. The van der Waals surface area contributed by atoms with Crippen molar-refractivity contribution in [3.05, 3.63) is 53.9 Å². The summed E-state index contributed by atoms with van der Waals surface area (Å²) in [7, 11) is 0. The SMILES string of the molecule is O=C(Nc1cccc(N2C(=O)c3cccnc3C2=O)c1)C1CCCCC1. The van der Waals surface area contributed by atoms with Gasteiger partial charge in [0, 0.05) is 17.8 Å². The summed E-state index contributed by atoms with van der Waals surface area (Å²) in [6, 6.07) is 10.1. The molecule has 0 unspecified atom stereocenters. The van der Waals surface area contributed by atoms with Crippen LogP contribution in [0.2, 0.25) is 0 Å². The monoisotopic (exact) mass is 349 g/mol. The summed E-state index contributed by atoms with van der Waals surface area (Å²) in [6.07, 6.45) is 6.67. The van der Waals surface area contributed by atoms with Gasteiger partial charge in [-0.15, -0.1) is 0 Å². The molecule has 0 saturated heterocycles. The second-order valence-corrected chi connectivity index (χ2v) is 6.72. The molecule has 2 aromatic rings. The third kappa shape index (κ3) is 2.87. The van der Waals surface area contributed by atoms with Crippen molar-refractivity contribution in [3.8, 4) is 0 Å². The summed E-state index contributed by atoms with van der Waals surface area (Å²) >= 11 is 0. The number of imide groups is 1. The van der Waals surface area contributed by atoms with E-state index in [-0.39, 0.29) is 17.5 Å². The van der Waals surface area contributed by atoms with Gasteiger partial charge < -0.3 is 5.32 Å². The van der Waals surface area contributed by atoms with E-state index in [4.69, 9.17) is 0 Å². The zero-order chi connectivity index (χ0) is 18.1. The van der Waals surface area contributed by atoms with Crippen LogP contribution in [0.1, 0.15) is 53.0 Å². The molecule has 26 heavy (non-hydrogen) atoms. The van der Waals surface area contributed by atoms with Crippen molar-refractivity contribution in [1.29, 1.82) is 0 Å². The van der Waals surface area contributed by atoms with E-state index in [0.29, 0.717) is 16.9 Å². The normalized spacial score (nSPS) is 17.3. The minimum Gasteiger partial charge on any atom is -0.326 e. The highest BCUT2D eigenvalue weighted by Crippen LogP contribution is 2.30. The van der Waals surface area contributed by atoms with Crippen LogP contribution < -0.4 is 10.2 Å². The van der Waals surface area contributed by atoms with Crippen LogP contribution in [0.25, 0.3) is 0 Å². The number of aromatic nitrogens is 1. The molecule has 2 heterocycles. The second-order valence-electron chi connectivity index (χ2n) is 6.72. The molecule has 1 fully saturated rings. The molecule has 6 nitrogen and oxygen atoms in total. The lowest BCUT2D eigenvalue weighted by Crippen LogP contribution is -2.29. The predicted molar refractivity (Wildman–Crippen MR) is 97.0 cm³/mol. The van der Waals surface area contributed by atoms with E-state index in [9.17, 15) is 14.4 Å². The Balaban J connectivity index is 1.56. The molecule has 1 N–H and O–H groups in total. The molecule has 1 aliphatic heterocycles. The molecule has 0 spiro atoms. The van der Waals surface area contributed by atoms with Crippen LogP contribution in [-0.4, -0.2) is 22.7 Å². The zero-order valence-corrected chi connectivity index (χ0v) is 14.3. The third-order valence-electron chi connectivity index (χ3n) is 4.99. The van der Waals surface area contributed by atoms with Crippen LogP contribution in [0.4, 0.5) is 11.4 Å². The summed E-state index contributed by atoms with van der Waals surface area (Å²) in [6.45, 7) is 0. The van der Waals surface area contributed by atoms with Gasteiger partial charge in [0.2, 0.25) is 5.91 Å². The lowest BCUT2D eigenvalue weighted by atomic mass is 9.88. The Morgan fingerprint density at radius 3 is 2.62 bits per heavy atom. The molecule has 1 aromatic carbocycles. The van der Waals surface area contributed by atoms with E-state index in [1.54, 1.807) is 36.4 Å². The minimum atomic E-state index is -0.443. The second kappa shape index (κ2) is 6.71. The molecule has 1 aliphatic carbocycles. The number of benzene rings is 1. The number of anilines is 2. The quantitative estimate of drug-likeness (QED) is 0.861. The topological polar surface area (TPSA) is 79.4 Å². The molecule has 0 atom stereocenters. The number of rotatable bonds is 3. The molecule has 0 bridgehead atoms. The Hall–Kier alpha value is -3.02. The van der Waals surface area contributed by atoms with E-state index in [0.717, 1.165) is 30.6 Å². The van der Waals surface area contributed by atoms with Crippen molar-refractivity contribution < 1.29 is 14.4 Å². The average Bonchev–Trinajstić information content (AvgIpc) is 2.94. The van der Waals surface area contributed by atoms with Gasteiger partial charge in [-0.2, -0.15) is 0 Å². The molecular formula is C20H19N3O3. The van der Waals surface area contributed by atoms with E-state index in [1.807, 2.05) is 0 Å². The van der Waals surface area contributed by atoms with Gasteiger partial charge in [-0.25, -0.2) is 4.90 Å². The van der Waals surface area contributed by atoms with Gasteiger partial charge in [0.05, 0.1) is 11.3 Å². The number of hydrogen-bond acceptors (Lipinski definition) is 4. The maximum atomic E-state index is 12.6. The molecule has 4 rings (SSSR count). The van der Waals surface area contributed by atoms with Gasteiger partial charge >= 0.3 is 0 Å². The Morgan fingerprint density at radius 1 is 1.04 bits per heavy atom. The van der Waals surface area contributed by atoms with Crippen LogP contribution in [-0.2, 0) is 4.79 Å². The first-order valence-electron chi connectivity index (χ1n) is 8.90. The first-order chi connectivity index (χ1) is 12.6. The average molecular weight is 349 g/mol. The molecule has 6 heteroatoms. The summed E-state index contributed by atoms with van der Waals surface area (Å²) in [4.78, 5) is 42.7. The Morgan fingerprint density at radius 2 is 1.85 bits per heavy atom. The molecule has 3 amide bonds. The highest BCUT2D eigenvalue weighted by Gasteiger charge is 2.37. The Labute approximate surface area is 151 Å². The minimum absolute atomic E-state index is 0.00544. The van der Waals surface area contributed by atoms with Crippen LogP contribution in [0.3, 0.4) is 0 Å². The van der Waals surface area contributed by atoms with Crippen molar-refractivity contribution in [2.45, 2.75) is 32.1 Å². The van der Waals surface area contributed by atoms with E-state index < -0.39 is 11.8 Å². The standard InChI is InChI=1S/C20H19N3O3/c24-18(13-6-2-1-3-7-13)22-14-8-4-9-15(12-14)23-19(25)16-10-5-11-21-17(16)20(23)26/h4-5,8-13H,1-3,6-7H2,(H,22,24). The smallest absolute Gasteiger partial charge is 0.284 e. The van der Waals surface area contributed by atoms with Crippen molar-refractivity contribution >= 4 is 29.1 Å². The van der Waals surface area contributed by atoms with Crippen LogP contribution >= 0.6 is 0 Å². The van der Waals surface area contributed by atoms with Crippen molar-refractivity contribution in [2.75, 3.05) is 10.2 Å². The third-order valence-corrected chi connectivity index (χ3v) is 4.99. The highest BCUT2D eigenvalue weighted by atomic mass is 16.2. The van der Waals surface area contributed by atoms with E-state index in [1.165, 1.54) is 12.6 Å². The largest absolute Gasteiger partial charge is 0.326 e. The number of nitrogens with one attached hydrogen (secondary N) is 1. The van der Waals surface area contributed by atoms with Crippen molar-refractivity contribution in [2.24, 2.45) is 5.92 Å². The van der Waals surface area contributed by atoms with E-state index >= 15 is 0 Å². The number of amides is 3. The fourth-order valence-electron chi connectivity index (χ4n) is 3.63. The zero-order valence-electron chi connectivity index (χ0n) is 14.3. The Bertz CT molecular complexity index is 852. The van der Waals surface area contributed by atoms with Crippen LogP contribution in [0, 0.1) is 5.92 Å². The molecular weight excluding hydrogens is 330 g/mol.